The highest BCUT2D eigenvalue weighted by Gasteiger charge is 2.26. The molecule has 0 amide bonds. The van der Waals surface area contributed by atoms with Gasteiger partial charge in [0.05, 0.1) is 18.2 Å². The maximum absolute atomic E-state index is 13.0. The molecule has 2 N–H and O–H groups in total. The highest BCUT2D eigenvalue weighted by Crippen LogP contribution is 2.34. The van der Waals surface area contributed by atoms with Gasteiger partial charge in [0, 0.05) is 33.4 Å². The number of fused-ring (bicyclic) bond motifs is 3. The van der Waals surface area contributed by atoms with Gasteiger partial charge >= 0.3 is 0 Å². The van der Waals surface area contributed by atoms with Crippen molar-refractivity contribution in [2.24, 2.45) is 0 Å². The minimum atomic E-state index is -0.0107. The molecule has 1 aromatic carbocycles. The fraction of sp³-hybridized carbons (Fsp3) is 0.350. The molecule has 1 aliphatic rings. The Kier molecular flexibility index (Phi) is 4.25. The van der Waals surface area contributed by atoms with Crippen molar-refractivity contribution < 1.29 is 9.53 Å². The number of nitrogens with two attached hydrogens (primary N) is 1. The maximum atomic E-state index is 13.0. The molecule has 0 saturated carbocycles. The summed E-state index contributed by atoms with van der Waals surface area (Å²) in [6.07, 6.45) is 3.03. The molecule has 1 atom stereocenters. The zero-order chi connectivity index (χ0) is 18.4. The number of carbonyl (C=O) groups is 1. The molecule has 5 nitrogen and oxygen atoms in total. The summed E-state index contributed by atoms with van der Waals surface area (Å²) in [5.74, 6) is 6.97. The number of hydrogen-bond donors (Lipinski definition) is 1. The highest BCUT2D eigenvalue weighted by atomic mass is 32.1. The molecule has 0 aliphatic heterocycles. The topological polar surface area (TPSA) is 60.5 Å². The van der Waals surface area contributed by atoms with Crippen molar-refractivity contribution in [3.8, 4) is 5.75 Å². The molecule has 136 valence electrons. The summed E-state index contributed by atoms with van der Waals surface area (Å²) in [7, 11) is 5.83. The lowest BCUT2D eigenvalue weighted by molar-refractivity contribution is 0.103. The van der Waals surface area contributed by atoms with Crippen molar-refractivity contribution in [3.05, 3.63) is 51.3 Å². The summed E-state index contributed by atoms with van der Waals surface area (Å²) >= 11 is 1.47. The van der Waals surface area contributed by atoms with Gasteiger partial charge < -0.3 is 15.5 Å². The zero-order valence-corrected chi connectivity index (χ0v) is 16.1. The molecule has 6 heteroatoms. The van der Waals surface area contributed by atoms with Crippen LogP contribution in [0.1, 0.15) is 33.6 Å². The van der Waals surface area contributed by atoms with Crippen molar-refractivity contribution >= 4 is 28.0 Å². The van der Waals surface area contributed by atoms with Gasteiger partial charge in [0.15, 0.2) is 5.78 Å². The van der Waals surface area contributed by atoms with Crippen molar-refractivity contribution in [1.29, 1.82) is 0 Å². The Hall–Kier alpha value is -2.31. The molecule has 1 aliphatic carbocycles. The smallest absolute Gasteiger partial charge is 0.197 e. The van der Waals surface area contributed by atoms with Crippen LogP contribution in [0.2, 0.25) is 0 Å². The number of hydrogen-bond acceptors (Lipinski definition) is 5. The minimum absolute atomic E-state index is 0.0107. The Morgan fingerprint density at radius 1 is 1.35 bits per heavy atom. The third-order valence-electron chi connectivity index (χ3n) is 5.46. The monoisotopic (exact) mass is 369 g/mol. The molecule has 2 aromatic heterocycles. The number of nitrogens with zero attached hydrogens (tertiary/aromatic N) is 2. The fourth-order valence-corrected chi connectivity index (χ4v) is 4.69. The van der Waals surface area contributed by atoms with Gasteiger partial charge in [0.2, 0.25) is 0 Å². The summed E-state index contributed by atoms with van der Waals surface area (Å²) in [5, 5.41) is 4.79. The van der Waals surface area contributed by atoms with E-state index >= 15 is 0 Å². The minimum Gasteiger partial charge on any atom is -0.495 e. The van der Waals surface area contributed by atoms with E-state index in [4.69, 9.17) is 10.6 Å². The predicted octanol–water partition coefficient (Wildman–Crippen LogP) is 3.08. The number of aromatic nitrogens is 1. The first-order valence-corrected chi connectivity index (χ1v) is 9.68. The quantitative estimate of drug-likeness (QED) is 0.567. The number of benzene rings is 1. The Balaban J connectivity index is 1.80. The molecular weight excluding hydrogens is 346 g/mol. The third kappa shape index (κ3) is 2.61. The van der Waals surface area contributed by atoms with Crippen molar-refractivity contribution in [2.45, 2.75) is 25.3 Å². The van der Waals surface area contributed by atoms with Gasteiger partial charge in [-0.05, 0) is 57.1 Å². The zero-order valence-electron chi connectivity index (χ0n) is 15.3. The van der Waals surface area contributed by atoms with Crippen LogP contribution in [0.15, 0.2) is 29.0 Å². The predicted molar refractivity (Wildman–Crippen MR) is 106 cm³/mol. The van der Waals surface area contributed by atoms with Crippen LogP contribution in [0, 0.1) is 0 Å². The van der Waals surface area contributed by atoms with E-state index < -0.39 is 0 Å². The molecule has 4 rings (SSSR count). The average molecular weight is 369 g/mol. The summed E-state index contributed by atoms with van der Waals surface area (Å²) in [6.45, 7) is 0. The summed E-state index contributed by atoms with van der Waals surface area (Å²) in [6, 6.07) is 6.32. The lowest BCUT2D eigenvalue weighted by atomic mass is 9.90. The number of likely N-dealkylation sites (N-methyl/N-ethyl adjacent to an activating group) is 1. The first-order chi connectivity index (χ1) is 12.5. The van der Waals surface area contributed by atoms with Gasteiger partial charge in [0.25, 0.3) is 0 Å². The largest absolute Gasteiger partial charge is 0.495 e. The SMILES string of the molecule is COc1cscc1C(=O)c1ccc2c(c1)c1c(n2N)CCC(N(C)C)C1. The van der Waals surface area contributed by atoms with Gasteiger partial charge in [0.1, 0.15) is 5.75 Å². The molecular formula is C20H23N3O2S. The number of nitrogen functional groups attached to an aromatic ring is 1. The number of ether oxygens (including phenoxy) is 1. The standard InChI is InChI=1S/C20H23N3O2S/c1-22(2)13-5-7-18-15(9-13)14-8-12(4-6-17(14)23(18)21)20(24)16-10-26-11-19(16)25-3/h4,6,8,10-11,13H,5,7,9,21H2,1-3H3. The Morgan fingerprint density at radius 3 is 2.88 bits per heavy atom. The van der Waals surface area contributed by atoms with E-state index in [1.807, 2.05) is 29.0 Å². The van der Waals surface area contributed by atoms with Gasteiger partial charge in [-0.2, -0.15) is 0 Å². The average Bonchev–Trinajstić information content (AvgIpc) is 3.24. The molecule has 0 saturated heterocycles. The second-order valence-corrected chi connectivity index (χ2v) is 7.81. The second-order valence-electron chi connectivity index (χ2n) is 7.07. The fourth-order valence-electron chi connectivity index (χ4n) is 3.92. The van der Waals surface area contributed by atoms with Gasteiger partial charge in [-0.15, -0.1) is 11.3 Å². The number of ketones is 1. The van der Waals surface area contributed by atoms with Gasteiger partial charge in [-0.1, -0.05) is 0 Å². The van der Waals surface area contributed by atoms with Crippen LogP contribution >= 0.6 is 11.3 Å². The van der Waals surface area contributed by atoms with Crippen LogP contribution in [0.5, 0.6) is 5.75 Å². The van der Waals surface area contributed by atoms with Crippen LogP contribution < -0.4 is 10.6 Å². The molecule has 0 radical (unpaired) electrons. The van der Waals surface area contributed by atoms with Crippen LogP contribution in [0.25, 0.3) is 10.9 Å². The Bertz CT molecular complexity index is 987. The second kappa shape index (κ2) is 6.45. The van der Waals surface area contributed by atoms with E-state index in [1.54, 1.807) is 11.8 Å². The summed E-state index contributed by atoms with van der Waals surface area (Å²) in [5.41, 5.74) is 4.75. The van der Waals surface area contributed by atoms with Crippen molar-refractivity contribution in [2.75, 3.05) is 27.0 Å². The van der Waals surface area contributed by atoms with Crippen LogP contribution in [-0.4, -0.2) is 42.6 Å². The molecule has 3 aromatic rings. The van der Waals surface area contributed by atoms with E-state index in [1.165, 1.54) is 22.6 Å². The number of rotatable bonds is 4. The van der Waals surface area contributed by atoms with E-state index in [2.05, 4.69) is 19.0 Å². The van der Waals surface area contributed by atoms with E-state index in [9.17, 15) is 4.79 Å². The molecule has 2 heterocycles. The lowest BCUT2D eigenvalue weighted by Gasteiger charge is -2.28. The molecule has 0 fully saturated rings. The Labute approximate surface area is 156 Å². The first kappa shape index (κ1) is 17.1. The van der Waals surface area contributed by atoms with E-state index in [-0.39, 0.29) is 5.78 Å². The van der Waals surface area contributed by atoms with E-state index in [0.29, 0.717) is 22.9 Å². The number of methoxy groups -OCH3 is 1. The maximum Gasteiger partial charge on any atom is 0.197 e. The molecule has 1 unspecified atom stereocenters. The van der Waals surface area contributed by atoms with E-state index in [0.717, 1.165) is 30.2 Å². The summed E-state index contributed by atoms with van der Waals surface area (Å²) in [4.78, 5) is 15.2. The highest BCUT2D eigenvalue weighted by molar-refractivity contribution is 7.08. The third-order valence-corrected chi connectivity index (χ3v) is 6.18. The van der Waals surface area contributed by atoms with Crippen LogP contribution in [-0.2, 0) is 12.8 Å². The number of thiophene rings is 1. The van der Waals surface area contributed by atoms with Gasteiger partial charge in [-0.25, -0.2) is 0 Å². The number of carbonyl (C=O) groups excluding carboxylic acids is 1. The molecule has 26 heavy (non-hydrogen) atoms. The van der Waals surface area contributed by atoms with Crippen molar-refractivity contribution in [1.82, 2.24) is 9.58 Å². The van der Waals surface area contributed by atoms with Gasteiger partial charge in [-0.3, -0.25) is 9.47 Å². The normalized spacial score (nSPS) is 16.8. The van der Waals surface area contributed by atoms with Crippen molar-refractivity contribution in [3.63, 3.8) is 0 Å². The molecule has 0 spiro atoms. The first-order valence-electron chi connectivity index (χ1n) is 8.73. The lowest BCUT2D eigenvalue weighted by Crippen LogP contribution is -2.34. The summed E-state index contributed by atoms with van der Waals surface area (Å²) < 4.78 is 7.11. The van der Waals surface area contributed by atoms with Crippen LogP contribution in [0.3, 0.4) is 0 Å². The van der Waals surface area contributed by atoms with Crippen LogP contribution in [0.4, 0.5) is 0 Å². The molecule has 0 bridgehead atoms. The Morgan fingerprint density at radius 2 is 2.15 bits per heavy atom.